The fourth-order valence-electron chi connectivity index (χ4n) is 1.85. The van der Waals surface area contributed by atoms with Crippen molar-refractivity contribution in [3.63, 3.8) is 0 Å². The monoisotopic (exact) mass is 423 g/mol. The Morgan fingerprint density at radius 1 is 1.14 bits per heavy atom. The van der Waals surface area contributed by atoms with Crippen LogP contribution in [0.4, 0.5) is 4.39 Å². The number of nitrogens with zero attached hydrogens (tertiary/aromatic N) is 1. The lowest BCUT2D eigenvalue weighted by atomic mass is 9.98. The number of guanidine groups is 1. The molecule has 22 heavy (non-hydrogen) atoms. The van der Waals surface area contributed by atoms with Crippen molar-refractivity contribution in [1.82, 2.24) is 10.6 Å². The maximum Gasteiger partial charge on any atom is 0.191 e. The largest absolute Gasteiger partial charge is 0.388 e. The first-order valence-corrected chi connectivity index (χ1v) is 7.52. The summed E-state index contributed by atoms with van der Waals surface area (Å²) in [5.74, 6) is 0.408. The van der Waals surface area contributed by atoms with Crippen LogP contribution in [0.2, 0.25) is 0 Å². The first-order chi connectivity index (χ1) is 10.0. The van der Waals surface area contributed by atoms with Gasteiger partial charge in [0.2, 0.25) is 0 Å². The van der Waals surface area contributed by atoms with Crippen LogP contribution >= 0.6 is 24.0 Å². The molecule has 1 aromatic carbocycles. The number of benzene rings is 1. The Hall–Kier alpha value is -0.890. The van der Waals surface area contributed by atoms with E-state index in [9.17, 15) is 9.50 Å². The van der Waals surface area contributed by atoms with Crippen molar-refractivity contribution in [2.24, 2.45) is 4.99 Å². The normalized spacial score (nSPS) is 11.8. The minimum Gasteiger partial charge on any atom is -0.388 e. The first-order valence-electron chi connectivity index (χ1n) is 7.52. The Morgan fingerprint density at radius 3 is 2.23 bits per heavy atom. The van der Waals surface area contributed by atoms with Crippen LogP contribution in [-0.4, -0.2) is 29.8 Å². The molecule has 0 saturated carbocycles. The van der Waals surface area contributed by atoms with Crippen molar-refractivity contribution in [2.75, 3.05) is 13.1 Å². The second-order valence-corrected chi connectivity index (χ2v) is 5.11. The van der Waals surface area contributed by atoms with Gasteiger partial charge in [-0.2, -0.15) is 0 Å². The highest BCUT2D eigenvalue weighted by Gasteiger charge is 2.22. The lowest BCUT2D eigenvalue weighted by Gasteiger charge is -2.26. The van der Waals surface area contributed by atoms with Gasteiger partial charge in [-0.1, -0.05) is 26.0 Å². The van der Waals surface area contributed by atoms with Crippen LogP contribution in [0.15, 0.2) is 29.3 Å². The average Bonchev–Trinajstić information content (AvgIpc) is 2.51. The van der Waals surface area contributed by atoms with Crippen molar-refractivity contribution in [1.29, 1.82) is 0 Å². The summed E-state index contributed by atoms with van der Waals surface area (Å²) in [7, 11) is 0. The van der Waals surface area contributed by atoms with E-state index < -0.39 is 5.60 Å². The number of hydrogen-bond acceptors (Lipinski definition) is 2. The van der Waals surface area contributed by atoms with E-state index in [-0.39, 0.29) is 29.8 Å². The number of aliphatic imine (C=N–C) groups is 1. The third kappa shape index (κ3) is 7.40. The molecular weight excluding hydrogens is 396 g/mol. The zero-order valence-corrected chi connectivity index (χ0v) is 15.9. The second kappa shape index (κ2) is 10.8. The predicted molar refractivity (Wildman–Crippen MR) is 100 cm³/mol. The van der Waals surface area contributed by atoms with Crippen LogP contribution in [0.3, 0.4) is 0 Å². The van der Waals surface area contributed by atoms with Gasteiger partial charge in [0.05, 0.1) is 12.1 Å². The van der Waals surface area contributed by atoms with E-state index >= 15 is 0 Å². The smallest absolute Gasteiger partial charge is 0.191 e. The highest BCUT2D eigenvalue weighted by Crippen LogP contribution is 2.12. The number of nitrogens with one attached hydrogen (secondary N) is 2. The maximum absolute atomic E-state index is 12.8. The SMILES string of the molecule is CCNC(=NCc1ccc(F)cc1)NCC(O)(CC)CC.I. The fourth-order valence-corrected chi connectivity index (χ4v) is 1.85. The third-order valence-corrected chi connectivity index (χ3v) is 3.58. The molecule has 0 atom stereocenters. The molecule has 0 radical (unpaired) electrons. The molecule has 0 unspecified atom stereocenters. The van der Waals surface area contributed by atoms with E-state index in [0.717, 1.165) is 12.1 Å². The van der Waals surface area contributed by atoms with Gasteiger partial charge in [0, 0.05) is 13.1 Å². The number of hydrogen-bond donors (Lipinski definition) is 3. The van der Waals surface area contributed by atoms with Crippen molar-refractivity contribution < 1.29 is 9.50 Å². The summed E-state index contributed by atoms with van der Waals surface area (Å²) in [6, 6.07) is 6.30. The Balaban J connectivity index is 0.00000441. The van der Waals surface area contributed by atoms with Crippen LogP contribution < -0.4 is 10.6 Å². The summed E-state index contributed by atoms with van der Waals surface area (Å²) in [4.78, 5) is 4.45. The van der Waals surface area contributed by atoms with Crippen LogP contribution in [0.5, 0.6) is 0 Å². The zero-order chi connectivity index (χ0) is 15.7. The van der Waals surface area contributed by atoms with Gasteiger partial charge >= 0.3 is 0 Å². The molecule has 0 aromatic heterocycles. The molecule has 3 N–H and O–H groups in total. The standard InChI is InChI=1S/C16H26FN3O.HI/c1-4-16(21,5-2)12-20-15(18-6-3)19-11-13-7-9-14(17)10-8-13;/h7-10,21H,4-6,11-12H2,1-3H3,(H2,18,19,20);1H. The quantitative estimate of drug-likeness (QED) is 0.359. The maximum atomic E-state index is 12.8. The summed E-state index contributed by atoms with van der Waals surface area (Å²) in [5, 5.41) is 16.6. The lowest BCUT2D eigenvalue weighted by molar-refractivity contribution is 0.0367. The predicted octanol–water partition coefficient (Wildman–Crippen LogP) is 3.05. The minimum absolute atomic E-state index is 0. The molecule has 0 aliphatic rings. The van der Waals surface area contributed by atoms with Crippen molar-refractivity contribution >= 4 is 29.9 Å². The molecule has 0 saturated heterocycles. The molecule has 0 fully saturated rings. The van der Waals surface area contributed by atoms with Crippen molar-refractivity contribution in [3.05, 3.63) is 35.6 Å². The molecule has 0 bridgehead atoms. The van der Waals surface area contributed by atoms with Gasteiger partial charge in [-0.15, -0.1) is 24.0 Å². The van der Waals surface area contributed by atoms with Crippen molar-refractivity contribution in [3.8, 4) is 0 Å². The molecule has 1 rings (SSSR count). The van der Waals surface area contributed by atoms with Crippen LogP contribution in [0.25, 0.3) is 0 Å². The molecule has 1 aromatic rings. The third-order valence-electron chi connectivity index (χ3n) is 3.58. The van der Waals surface area contributed by atoms with Gasteiger partial charge in [0.15, 0.2) is 5.96 Å². The summed E-state index contributed by atoms with van der Waals surface area (Å²) in [6.07, 6.45) is 1.38. The Bertz CT molecular complexity index is 447. The zero-order valence-electron chi connectivity index (χ0n) is 13.5. The van der Waals surface area contributed by atoms with Gasteiger partial charge in [-0.05, 0) is 37.5 Å². The Kier molecular flexibility index (Phi) is 10.3. The van der Waals surface area contributed by atoms with Gasteiger partial charge < -0.3 is 15.7 Å². The van der Waals surface area contributed by atoms with Crippen LogP contribution in [-0.2, 0) is 6.54 Å². The summed E-state index contributed by atoms with van der Waals surface area (Å²) in [6.45, 7) is 7.58. The van der Waals surface area contributed by atoms with Gasteiger partial charge in [0.25, 0.3) is 0 Å². The van der Waals surface area contributed by atoms with Gasteiger partial charge in [-0.3, -0.25) is 0 Å². The molecule has 0 aliphatic carbocycles. The molecule has 0 spiro atoms. The fraction of sp³-hybridized carbons (Fsp3) is 0.562. The highest BCUT2D eigenvalue weighted by atomic mass is 127. The van der Waals surface area contributed by atoms with E-state index in [2.05, 4.69) is 15.6 Å². The van der Waals surface area contributed by atoms with E-state index in [0.29, 0.717) is 31.9 Å². The summed E-state index contributed by atoms with van der Waals surface area (Å²) < 4.78 is 12.8. The molecule has 0 amide bonds. The van der Waals surface area contributed by atoms with E-state index in [4.69, 9.17) is 0 Å². The molecular formula is C16H27FIN3O. The first kappa shape index (κ1) is 21.1. The number of halogens is 2. The highest BCUT2D eigenvalue weighted by molar-refractivity contribution is 14.0. The minimum atomic E-state index is -0.716. The van der Waals surface area contributed by atoms with Crippen molar-refractivity contribution in [2.45, 2.75) is 45.8 Å². The molecule has 126 valence electrons. The van der Waals surface area contributed by atoms with Crippen LogP contribution in [0, 0.1) is 5.82 Å². The van der Waals surface area contributed by atoms with E-state index in [1.807, 2.05) is 20.8 Å². The molecule has 4 nitrogen and oxygen atoms in total. The molecule has 0 aliphatic heterocycles. The van der Waals surface area contributed by atoms with Gasteiger partial charge in [0.1, 0.15) is 5.82 Å². The second-order valence-electron chi connectivity index (χ2n) is 5.11. The Labute approximate surface area is 149 Å². The topological polar surface area (TPSA) is 56.7 Å². The average molecular weight is 423 g/mol. The number of aliphatic hydroxyl groups is 1. The van der Waals surface area contributed by atoms with Crippen LogP contribution in [0.1, 0.15) is 39.2 Å². The molecule has 6 heteroatoms. The summed E-state index contributed by atoms with van der Waals surface area (Å²) >= 11 is 0. The van der Waals surface area contributed by atoms with Gasteiger partial charge in [-0.25, -0.2) is 9.38 Å². The van der Waals surface area contributed by atoms with E-state index in [1.165, 1.54) is 12.1 Å². The van der Waals surface area contributed by atoms with E-state index in [1.54, 1.807) is 12.1 Å². The Morgan fingerprint density at radius 2 is 1.73 bits per heavy atom. The summed E-state index contributed by atoms with van der Waals surface area (Å²) in [5.41, 5.74) is 0.223. The number of rotatable bonds is 7. The molecule has 0 heterocycles. The lowest BCUT2D eigenvalue weighted by Crippen LogP contribution is -2.46.